The largest absolute Gasteiger partial charge is 0.462 e. The van der Waals surface area contributed by atoms with E-state index in [0.717, 1.165) is 39.0 Å². The van der Waals surface area contributed by atoms with Gasteiger partial charge in [0, 0.05) is 29.6 Å². The normalized spacial score (nSPS) is 39.7. The second-order valence-electron chi connectivity index (χ2n) is 10.4. The summed E-state index contributed by atoms with van der Waals surface area (Å²) in [5, 5.41) is 4.86. The number of benzene rings is 1. The number of aromatic amines is 1. The molecule has 2 aliphatic heterocycles. The number of para-hydroxylation sites is 1. The molecule has 0 amide bonds. The Morgan fingerprint density at radius 1 is 1.27 bits per heavy atom. The van der Waals surface area contributed by atoms with Crippen molar-refractivity contribution in [2.45, 2.75) is 57.2 Å². The molecule has 2 N–H and O–H groups in total. The van der Waals surface area contributed by atoms with E-state index in [0.29, 0.717) is 11.8 Å². The van der Waals surface area contributed by atoms with Crippen molar-refractivity contribution in [2.24, 2.45) is 23.2 Å². The Balaban J connectivity index is 1.10. The van der Waals surface area contributed by atoms with E-state index in [1.54, 1.807) is 0 Å². The van der Waals surface area contributed by atoms with Crippen molar-refractivity contribution in [3.05, 3.63) is 36.0 Å². The average Bonchev–Trinajstić information content (AvgIpc) is 3.27. The Morgan fingerprint density at radius 2 is 2.13 bits per heavy atom. The minimum Gasteiger partial charge on any atom is -0.462 e. The molecule has 30 heavy (non-hydrogen) atoms. The zero-order valence-corrected chi connectivity index (χ0v) is 17.8. The number of nitrogens with one attached hydrogen (secondary N) is 2. The van der Waals surface area contributed by atoms with Gasteiger partial charge in [0.25, 0.3) is 0 Å². The van der Waals surface area contributed by atoms with E-state index in [4.69, 9.17) is 9.47 Å². The number of carbonyl (C=O) groups excluding carboxylic acids is 1. The molecule has 6 rings (SSSR count). The monoisotopic (exact) mass is 408 g/mol. The van der Waals surface area contributed by atoms with Crippen molar-refractivity contribution in [1.82, 2.24) is 10.3 Å². The van der Waals surface area contributed by atoms with Crippen molar-refractivity contribution in [3.63, 3.8) is 0 Å². The average molecular weight is 409 g/mol. The first-order valence-electron chi connectivity index (χ1n) is 11.7. The number of aromatic nitrogens is 1. The fraction of sp³-hybridized carbons (Fsp3) is 0.640. The van der Waals surface area contributed by atoms with Gasteiger partial charge in [0.15, 0.2) is 0 Å². The van der Waals surface area contributed by atoms with Crippen molar-refractivity contribution in [2.75, 3.05) is 19.7 Å². The summed E-state index contributed by atoms with van der Waals surface area (Å²) in [5.74, 6) is 0.927. The van der Waals surface area contributed by atoms with Crippen LogP contribution < -0.4 is 5.32 Å². The molecule has 1 spiro atoms. The number of hydrogen-bond acceptors (Lipinski definition) is 4. The van der Waals surface area contributed by atoms with Crippen LogP contribution in [0, 0.1) is 23.2 Å². The summed E-state index contributed by atoms with van der Waals surface area (Å²) in [4.78, 5) is 16.1. The molecule has 4 aliphatic rings. The van der Waals surface area contributed by atoms with Gasteiger partial charge >= 0.3 is 5.97 Å². The molecule has 2 aliphatic carbocycles. The minimum atomic E-state index is -0.0137. The van der Waals surface area contributed by atoms with E-state index in [-0.39, 0.29) is 29.0 Å². The summed E-state index contributed by atoms with van der Waals surface area (Å²) < 4.78 is 11.9. The van der Waals surface area contributed by atoms with Crippen LogP contribution in [0.3, 0.4) is 0 Å². The molecule has 2 aromatic rings. The molecule has 2 saturated carbocycles. The summed E-state index contributed by atoms with van der Waals surface area (Å²) in [7, 11) is 0. The van der Waals surface area contributed by atoms with E-state index in [1.165, 1.54) is 35.7 Å². The molecule has 160 valence electrons. The van der Waals surface area contributed by atoms with Crippen LogP contribution in [0.15, 0.2) is 30.5 Å². The van der Waals surface area contributed by atoms with Crippen molar-refractivity contribution >= 4 is 16.9 Å². The predicted octanol–water partition coefficient (Wildman–Crippen LogP) is 3.83. The van der Waals surface area contributed by atoms with Gasteiger partial charge < -0.3 is 19.8 Å². The summed E-state index contributed by atoms with van der Waals surface area (Å²) in [6, 6.07) is 8.42. The third kappa shape index (κ3) is 2.93. The molecule has 1 aromatic heterocycles. The minimum absolute atomic E-state index is 0.0117. The topological polar surface area (TPSA) is 66.6 Å². The zero-order valence-electron chi connectivity index (χ0n) is 17.8. The van der Waals surface area contributed by atoms with Gasteiger partial charge in [-0.3, -0.25) is 4.79 Å². The van der Waals surface area contributed by atoms with E-state index >= 15 is 0 Å². The number of hydrogen-bond donors (Lipinski definition) is 2. The first-order chi connectivity index (χ1) is 14.6. The van der Waals surface area contributed by atoms with E-state index in [9.17, 15) is 4.79 Å². The molecule has 1 aromatic carbocycles. The SMILES string of the molecule is C[C@]12CCCC3(CO3)C1C[C@@H]1C(CNCCc3c[nH]c4ccccc34)C(=O)O[C@@H]1C2. The predicted molar refractivity (Wildman–Crippen MR) is 115 cm³/mol. The van der Waals surface area contributed by atoms with Crippen LogP contribution in [-0.4, -0.2) is 42.4 Å². The standard InChI is InChI=1S/C25H32N2O3/c1-24-8-4-9-25(15-29-25)22(24)11-18-19(23(28)30-21(18)12-24)14-26-10-7-16-13-27-20-6-3-2-5-17(16)20/h2-3,5-6,13,18-19,21-22,26-27H,4,7-12,14-15H2,1H3/t18-,19?,21-,22?,24-,25?/m1/s1. The molecule has 3 heterocycles. The molecule has 3 unspecified atom stereocenters. The lowest BCUT2D eigenvalue weighted by Gasteiger charge is -2.51. The van der Waals surface area contributed by atoms with Gasteiger partial charge in [-0.15, -0.1) is 0 Å². The quantitative estimate of drug-likeness (QED) is 0.448. The number of ether oxygens (including phenoxy) is 2. The van der Waals surface area contributed by atoms with E-state index in [1.807, 2.05) is 0 Å². The summed E-state index contributed by atoms with van der Waals surface area (Å²) in [6.07, 6.45) is 8.96. The van der Waals surface area contributed by atoms with Gasteiger partial charge in [0.2, 0.25) is 0 Å². The highest BCUT2D eigenvalue weighted by Crippen LogP contribution is 2.62. The summed E-state index contributed by atoms with van der Waals surface area (Å²) >= 11 is 0. The van der Waals surface area contributed by atoms with Gasteiger partial charge in [0.05, 0.1) is 18.1 Å². The van der Waals surface area contributed by atoms with Gasteiger partial charge in [-0.25, -0.2) is 0 Å². The smallest absolute Gasteiger partial charge is 0.310 e. The van der Waals surface area contributed by atoms with Crippen LogP contribution in [0.2, 0.25) is 0 Å². The number of fused-ring (bicyclic) bond motifs is 4. The number of carbonyl (C=O) groups is 1. The molecule has 5 nitrogen and oxygen atoms in total. The van der Waals surface area contributed by atoms with E-state index < -0.39 is 0 Å². The Morgan fingerprint density at radius 3 is 3.00 bits per heavy atom. The van der Waals surface area contributed by atoms with Crippen LogP contribution >= 0.6 is 0 Å². The second kappa shape index (κ2) is 6.83. The number of rotatable bonds is 5. The Hall–Kier alpha value is -1.85. The maximum absolute atomic E-state index is 12.7. The first kappa shape index (κ1) is 18.9. The third-order valence-electron chi connectivity index (χ3n) is 8.69. The highest BCUT2D eigenvalue weighted by Gasteiger charge is 2.64. The van der Waals surface area contributed by atoms with Crippen LogP contribution in [0.1, 0.15) is 44.6 Å². The van der Waals surface area contributed by atoms with E-state index in [2.05, 4.69) is 47.7 Å². The second-order valence-corrected chi connectivity index (χ2v) is 10.4. The molecule has 2 saturated heterocycles. The lowest BCUT2D eigenvalue weighted by Crippen LogP contribution is -2.51. The molecule has 0 bridgehead atoms. The Kier molecular flexibility index (Phi) is 4.30. The molecular formula is C25H32N2O3. The van der Waals surface area contributed by atoms with Gasteiger partial charge in [-0.05, 0) is 68.0 Å². The third-order valence-corrected chi connectivity index (χ3v) is 8.69. The summed E-state index contributed by atoms with van der Waals surface area (Å²) in [6.45, 7) is 4.93. The van der Waals surface area contributed by atoms with Crippen LogP contribution in [0.25, 0.3) is 10.9 Å². The van der Waals surface area contributed by atoms with Gasteiger partial charge in [0.1, 0.15) is 6.10 Å². The van der Waals surface area contributed by atoms with Crippen LogP contribution in [0.5, 0.6) is 0 Å². The number of H-pyrrole nitrogens is 1. The highest BCUT2D eigenvalue weighted by atomic mass is 16.6. The molecule has 4 fully saturated rings. The lowest BCUT2D eigenvalue weighted by molar-refractivity contribution is -0.147. The molecular weight excluding hydrogens is 376 g/mol. The number of esters is 1. The fourth-order valence-corrected chi connectivity index (χ4v) is 7.01. The maximum atomic E-state index is 12.7. The molecule has 6 atom stereocenters. The maximum Gasteiger partial charge on any atom is 0.310 e. The lowest BCUT2D eigenvalue weighted by atomic mass is 9.53. The zero-order chi connectivity index (χ0) is 20.3. The summed E-state index contributed by atoms with van der Waals surface area (Å²) in [5.41, 5.74) is 2.90. The van der Waals surface area contributed by atoms with Crippen molar-refractivity contribution < 1.29 is 14.3 Å². The van der Waals surface area contributed by atoms with Crippen LogP contribution in [-0.2, 0) is 20.7 Å². The van der Waals surface area contributed by atoms with Crippen LogP contribution in [0.4, 0.5) is 0 Å². The molecule has 5 heteroatoms. The Bertz CT molecular complexity index is 964. The number of epoxide rings is 1. The van der Waals surface area contributed by atoms with Crippen molar-refractivity contribution in [3.8, 4) is 0 Å². The highest BCUT2D eigenvalue weighted by molar-refractivity contribution is 5.83. The van der Waals surface area contributed by atoms with Gasteiger partial charge in [-0.1, -0.05) is 25.1 Å². The molecule has 0 radical (unpaired) electrons. The Labute approximate surface area is 177 Å². The van der Waals surface area contributed by atoms with Gasteiger partial charge in [-0.2, -0.15) is 0 Å². The first-order valence-corrected chi connectivity index (χ1v) is 11.7. The van der Waals surface area contributed by atoms with Crippen molar-refractivity contribution in [1.29, 1.82) is 0 Å². The fourth-order valence-electron chi connectivity index (χ4n) is 7.01.